The van der Waals surface area contributed by atoms with Crippen LogP contribution < -0.4 is 5.32 Å². The molecule has 1 nitrogen and oxygen atoms in total. The highest BCUT2D eigenvalue weighted by molar-refractivity contribution is 5.12. The molecule has 0 bridgehead atoms. The summed E-state index contributed by atoms with van der Waals surface area (Å²) < 4.78 is 0. The number of likely N-dealkylation sites (N-methyl/N-ethyl adjacent to an activating group) is 1. The average molecular weight is 223 g/mol. The predicted octanol–water partition coefficient (Wildman–Crippen LogP) is 4.44. The molecular formula is C15H29N. The molecule has 0 spiro atoms. The van der Waals surface area contributed by atoms with Crippen molar-refractivity contribution in [2.24, 2.45) is 0 Å². The molecule has 1 rings (SSSR count). The number of rotatable bonds is 8. The molecule has 1 aliphatic rings. The second-order valence-electron chi connectivity index (χ2n) is 5.07. The summed E-state index contributed by atoms with van der Waals surface area (Å²) in [4.78, 5) is 0. The first kappa shape index (κ1) is 13.8. The Labute approximate surface area is 102 Å². The van der Waals surface area contributed by atoms with Gasteiger partial charge in [-0.2, -0.15) is 0 Å². The first-order valence-electron chi connectivity index (χ1n) is 7.24. The summed E-state index contributed by atoms with van der Waals surface area (Å²) in [6.45, 7) is 2.28. The topological polar surface area (TPSA) is 12.0 Å². The van der Waals surface area contributed by atoms with Crippen LogP contribution >= 0.6 is 0 Å². The zero-order chi connectivity index (χ0) is 11.6. The summed E-state index contributed by atoms with van der Waals surface area (Å²) in [5.41, 5.74) is 1.68. The van der Waals surface area contributed by atoms with E-state index in [0.717, 1.165) is 0 Å². The molecule has 94 valence electrons. The van der Waals surface area contributed by atoms with Crippen LogP contribution in [0.3, 0.4) is 0 Å². The van der Waals surface area contributed by atoms with Crippen LogP contribution in [0, 0.1) is 0 Å². The maximum absolute atomic E-state index is 3.49. The molecule has 0 aromatic rings. The van der Waals surface area contributed by atoms with E-state index < -0.39 is 0 Å². The monoisotopic (exact) mass is 223 g/mol. The Morgan fingerprint density at radius 2 is 2.00 bits per heavy atom. The van der Waals surface area contributed by atoms with Gasteiger partial charge in [0.15, 0.2) is 0 Å². The zero-order valence-corrected chi connectivity index (χ0v) is 11.2. The van der Waals surface area contributed by atoms with Gasteiger partial charge in [0, 0.05) is 6.04 Å². The fourth-order valence-electron chi connectivity index (χ4n) is 2.65. The van der Waals surface area contributed by atoms with Crippen molar-refractivity contribution in [3.8, 4) is 0 Å². The first-order chi connectivity index (χ1) is 7.88. The van der Waals surface area contributed by atoms with Crippen molar-refractivity contribution in [1.82, 2.24) is 5.32 Å². The van der Waals surface area contributed by atoms with Crippen molar-refractivity contribution in [1.29, 1.82) is 0 Å². The van der Waals surface area contributed by atoms with Gasteiger partial charge in [-0.05, 0) is 39.2 Å². The van der Waals surface area contributed by atoms with Crippen molar-refractivity contribution in [2.45, 2.75) is 77.2 Å². The Morgan fingerprint density at radius 1 is 1.19 bits per heavy atom. The summed E-state index contributed by atoms with van der Waals surface area (Å²) in [5.74, 6) is 0. The summed E-state index contributed by atoms with van der Waals surface area (Å²) in [5, 5.41) is 3.49. The van der Waals surface area contributed by atoms with Crippen molar-refractivity contribution >= 4 is 0 Å². The summed E-state index contributed by atoms with van der Waals surface area (Å²) in [6, 6.07) is 0.668. The molecular weight excluding hydrogens is 194 g/mol. The molecule has 0 amide bonds. The van der Waals surface area contributed by atoms with E-state index in [-0.39, 0.29) is 0 Å². The van der Waals surface area contributed by atoms with Crippen molar-refractivity contribution < 1.29 is 0 Å². The van der Waals surface area contributed by atoms with E-state index in [2.05, 4.69) is 25.4 Å². The molecule has 0 radical (unpaired) electrons. The highest BCUT2D eigenvalue weighted by atomic mass is 14.9. The van der Waals surface area contributed by atoms with Gasteiger partial charge in [0.1, 0.15) is 0 Å². The lowest BCUT2D eigenvalue weighted by molar-refractivity contribution is 0.503. The van der Waals surface area contributed by atoms with Crippen LogP contribution in [0.25, 0.3) is 0 Å². The van der Waals surface area contributed by atoms with Gasteiger partial charge in [0.2, 0.25) is 0 Å². The van der Waals surface area contributed by atoms with Gasteiger partial charge in [-0.25, -0.2) is 0 Å². The second-order valence-corrected chi connectivity index (χ2v) is 5.07. The number of unbranched alkanes of at least 4 members (excludes halogenated alkanes) is 4. The van der Waals surface area contributed by atoms with Crippen LogP contribution in [0.2, 0.25) is 0 Å². The van der Waals surface area contributed by atoms with Gasteiger partial charge >= 0.3 is 0 Å². The Morgan fingerprint density at radius 3 is 2.62 bits per heavy atom. The van der Waals surface area contributed by atoms with E-state index in [0.29, 0.717) is 6.04 Å². The molecule has 0 heterocycles. The summed E-state index contributed by atoms with van der Waals surface area (Å²) >= 11 is 0. The average Bonchev–Trinajstić information content (AvgIpc) is 2.35. The fourth-order valence-corrected chi connectivity index (χ4v) is 2.65. The molecule has 1 aliphatic carbocycles. The summed E-state index contributed by atoms with van der Waals surface area (Å²) in [6.07, 6.45) is 16.3. The molecule has 16 heavy (non-hydrogen) atoms. The minimum absolute atomic E-state index is 0.668. The molecule has 1 unspecified atom stereocenters. The summed E-state index contributed by atoms with van der Waals surface area (Å²) in [7, 11) is 2.12. The number of allylic oxidation sites excluding steroid dienone is 1. The molecule has 0 aromatic carbocycles. The highest BCUT2D eigenvalue weighted by Crippen LogP contribution is 2.23. The van der Waals surface area contributed by atoms with E-state index in [1.807, 2.05) is 0 Å². The first-order valence-corrected chi connectivity index (χ1v) is 7.24. The van der Waals surface area contributed by atoms with Gasteiger partial charge in [0.05, 0.1) is 0 Å². The van der Waals surface area contributed by atoms with Gasteiger partial charge in [-0.3, -0.25) is 0 Å². The smallest absolute Gasteiger partial charge is 0.0276 e. The minimum atomic E-state index is 0.668. The molecule has 0 saturated carbocycles. The molecule has 0 aliphatic heterocycles. The largest absolute Gasteiger partial charge is 0.313 e. The van der Waals surface area contributed by atoms with Crippen LogP contribution in [0.15, 0.2) is 11.6 Å². The maximum Gasteiger partial charge on any atom is 0.0276 e. The van der Waals surface area contributed by atoms with E-state index in [1.54, 1.807) is 5.57 Å². The third-order valence-electron chi connectivity index (χ3n) is 3.72. The van der Waals surface area contributed by atoms with Gasteiger partial charge in [0.25, 0.3) is 0 Å². The van der Waals surface area contributed by atoms with Crippen molar-refractivity contribution in [2.75, 3.05) is 7.05 Å². The van der Waals surface area contributed by atoms with Gasteiger partial charge in [-0.15, -0.1) is 0 Å². The van der Waals surface area contributed by atoms with Crippen molar-refractivity contribution in [3.05, 3.63) is 11.6 Å². The Hall–Kier alpha value is -0.300. The normalized spacial score (nSPS) is 18.2. The Bertz CT molecular complexity index is 196. The van der Waals surface area contributed by atoms with E-state index in [4.69, 9.17) is 0 Å². The molecule has 0 aromatic heterocycles. The zero-order valence-electron chi connectivity index (χ0n) is 11.2. The standard InChI is InChI=1S/C15H29N/c1-3-4-5-6-10-13-15(16-2)14-11-8-7-9-12-14/h11,15-16H,3-10,12-13H2,1-2H3. The number of hydrogen-bond donors (Lipinski definition) is 1. The highest BCUT2D eigenvalue weighted by Gasteiger charge is 2.13. The lowest BCUT2D eigenvalue weighted by Gasteiger charge is -2.22. The van der Waals surface area contributed by atoms with Gasteiger partial charge < -0.3 is 5.32 Å². The quantitative estimate of drug-likeness (QED) is 0.474. The van der Waals surface area contributed by atoms with E-state index >= 15 is 0 Å². The molecule has 0 saturated heterocycles. The molecule has 0 fully saturated rings. The number of nitrogens with one attached hydrogen (secondary N) is 1. The maximum atomic E-state index is 3.49. The number of hydrogen-bond acceptors (Lipinski definition) is 1. The van der Waals surface area contributed by atoms with Crippen LogP contribution in [0.4, 0.5) is 0 Å². The third-order valence-corrected chi connectivity index (χ3v) is 3.72. The van der Waals surface area contributed by atoms with Crippen molar-refractivity contribution in [3.63, 3.8) is 0 Å². The van der Waals surface area contributed by atoms with E-state index in [9.17, 15) is 0 Å². The van der Waals surface area contributed by atoms with E-state index in [1.165, 1.54) is 64.2 Å². The molecule has 1 atom stereocenters. The molecule has 1 heteroatoms. The second kappa shape index (κ2) is 8.81. The fraction of sp³-hybridized carbons (Fsp3) is 0.867. The van der Waals surface area contributed by atoms with Crippen LogP contribution in [-0.2, 0) is 0 Å². The minimum Gasteiger partial charge on any atom is -0.313 e. The third kappa shape index (κ3) is 5.16. The Balaban J connectivity index is 2.18. The lowest BCUT2D eigenvalue weighted by atomic mass is 9.91. The SMILES string of the molecule is CCCCCCCC(NC)C1=CCCCC1. The van der Waals surface area contributed by atoms with Crippen LogP contribution in [0.5, 0.6) is 0 Å². The van der Waals surface area contributed by atoms with Crippen LogP contribution in [0.1, 0.15) is 71.1 Å². The predicted molar refractivity (Wildman–Crippen MR) is 72.8 cm³/mol. The lowest BCUT2D eigenvalue weighted by Crippen LogP contribution is -2.28. The van der Waals surface area contributed by atoms with Crippen LogP contribution in [-0.4, -0.2) is 13.1 Å². The Kier molecular flexibility index (Phi) is 7.58. The molecule has 1 N–H and O–H groups in total. The van der Waals surface area contributed by atoms with Gasteiger partial charge in [-0.1, -0.05) is 50.7 Å².